The molecular weight excluding hydrogens is 539 g/mol. The van der Waals surface area contributed by atoms with Crippen molar-refractivity contribution in [3.05, 3.63) is 106 Å². The van der Waals surface area contributed by atoms with Gasteiger partial charge in [-0.2, -0.15) is 26.3 Å². The largest absolute Gasteiger partial charge is 0.416 e. The molecule has 214 valence electrons. The van der Waals surface area contributed by atoms with Crippen LogP contribution in [0.5, 0.6) is 0 Å². The van der Waals surface area contributed by atoms with Crippen molar-refractivity contribution in [1.29, 1.82) is 0 Å². The fraction of sp³-hybridized carbons (Fsp3) is 0.400. The Kier molecular flexibility index (Phi) is 7.96. The summed E-state index contributed by atoms with van der Waals surface area (Å²) in [5, 5.41) is 0. The van der Waals surface area contributed by atoms with Gasteiger partial charge in [0.15, 0.2) is 6.29 Å². The molecule has 5 rings (SSSR count). The Morgan fingerprint density at radius 1 is 0.875 bits per heavy atom. The first-order chi connectivity index (χ1) is 18.9. The van der Waals surface area contributed by atoms with E-state index in [0.29, 0.717) is 25.3 Å². The summed E-state index contributed by atoms with van der Waals surface area (Å²) < 4.78 is 107. The van der Waals surface area contributed by atoms with Crippen LogP contribution in [-0.2, 0) is 28.4 Å². The van der Waals surface area contributed by atoms with Gasteiger partial charge < -0.3 is 9.47 Å². The second-order valence-electron chi connectivity index (χ2n) is 10.5. The summed E-state index contributed by atoms with van der Waals surface area (Å²) in [7, 11) is 0. The van der Waals surface area contributed by atoms with Crippen LogP contribution in [0.4, 0.5) is 30.7 Å². The molecule has 2 aliphatic heterocycles. The van der Waals surface area contributed by atoms with Gasteiger partial charge >= 0.3 is 12.4 Å². The second kappa shape index (κ2) is 11.1. The first kappa shape index (κ1) is 28.6. The van der Waals surface area contributed by atoms with E-state index >= 15 is 0 Å². The van der Waals surface area contributed by atoms with Crippen LogP contribution in [0.15, 0.2) is 72.8 Å². The lowest BCUT2D eigenvalue weighted by atomic mass is 9.77. The van der Waals surface area contributed by atoms with E-state index in [4.69, 9.17) is 9.47 Å². The summed E-state index contributed by atoms with van der Waals surface area (Å²) >= 11 is 0. The Labute approximate surface area is 227 Å². The second-order valence-corrected chi connectivity index (χ2v) is 10.5. The Morgan fingerprint density at radius 3 is 2.10 bits per heavy atom. The van der Waals surface area contributed by atoms with Crippen LogP contribution < -0.4 is 0 Å². The molecule has 0 saturated carbocycles. The zero-order valence-electron chi connectivity index (χ0n) is 21.6. The van der Waals surface area contributed by atoms with E-state index in [2.05, 4.69) is 4.90 Å². The lowest BCUT2D eigenvalue weighted by molar-refractivity contribution is -0.217. The van der Waals surface area contributed by atoms with Crippen LogP contribution in [0.3, 0.4) is 0 Å². The maximum Gasteiger partial charge on any atom is 0.416 e. The third-order valence-electron chi connectivity index (χ3n) is 7.72. The van der Waals surface area contributed by atoms with Gasteiger partial charge in [0.2, 0.25) is 0 Å². The smallest absolute Gasteiger partial charge is 0.352 e. The van der Waals surface area contributed by atoms with E-state index in [9.17, 15) is 30.7 Å². The number of nitrogens with zero attached hydrogens (tertiary/aromatic N) is 1. The third kappa shape index (κ3) is 6.34. The maximum atomic E-state index is 13.8. The van der Waals surface area contributed by atoms with Crippen molar-refractivity contribution in [2.75, 3.05) is 19.7 Å². The Hall–Kier alpha value is -2.95. The number of likely N-dealkylation sites (tertiary alicyclic amines) is 1. The Balaban J connectivity index is 1.42. The molecule has 0 N–H and O–H groups in total. The highest BCUT2D eigenvalue weighted by Gasteiger charge is 2.47. The van der Waals surface area contributed by atoms with Crippen LogP contribution in [-0.4, -0.2) is 30.9 Å². The van der Waals surface area contributed by atoms with Crippen molar-refractivity contribution in [1.82, 2.24) is 4.90 Å². The molecule has 2 saturated heterocycles. The van der Waals surface area contributed by atoms with Gasteiger partial charge in [-0.1, -0.05) is 42.5 Å². The first-order valence-electron chi connectivity index (χ1n) is 13.0. The van der Waals surface area contributed by atoms with E-state index in [1.54, 1.807) is 12.1 Å². The number of fused-ring (bicyclic) bond motifs is 1. The number of hydrogen-bond donors (Lipinski definition) is 0. The molecule has 1 unspecified atom stereocenters. The molecule has 3 nitrogen and oxygen atoms in total. The third-order valence-corrected chi connectivity index (χ3v) is 7.72. The summed E-state index contributed by atoms with van der Waals surface area (Å²) in [4.78, 5) is 2.29. The van der Waals surface area contributed by atoms with Gasteiger partial charge in [-0.3, -0.25) is 4.90 Å². The highest BCUT2D eigenvalue weighted by molar-refractivity contribution is 5.35. The molecule has 0 amide bonds. The lowest BCUT2D eigenvalue weighted by Crippen LogP contribution is -2.42. The summed E-state index contributed by atoms with van der Waals surface area (Å²) in [6, 6.07) is 17.3. The highest BCUT2D eigenvalue weighted by atomic mass is 19.4. The predicted octanol–water partition coefficient (Wildman–Crippen LogP) is 7.83. The molecule has 0 bridgehead atoms. The Bertz CT molecular complexity index is 1260. The van der Waals surface area contributed by atoms with Crippen LogP contribution >= 0.6 is 0 Å². The first-order valence-corrected chi connectivity index (χ1v) is 13.0. The van der Waals surface area contributed by atoms with Gasteiger partial charge in [0.1, 0.15) is 5.82 Å². The van der Waals surface area contributed by atoms with Crippen molar-refractivity contribution in [3.63, 3.8) is 0 Å². The fourth-order valence-electron chi connectivity index (χ4n) is 5.77. The van der Waals surface area contributed by atoms with Gasteiger partial charge in [0.05, 0.1) is 23.8 Å². The molecular formula is C30H28F7NO2. The number of benzene rings is 3. The molecule has 10 heteroatoms. The van der Waals surface area contributed by atoms with Crippen molar-refractivity contribution in [3.8, 4) is 0 Å². The number of alkyl halides is 6. The van der Waals surface area contributed by atoms with Crippen LogP contribution in [0.1, 0.15) is 46.8 Å². The average Bonchev–Trinajstić information content (AvgIpc) is 3.31. The molecule has 2 fully saturated rings. The Morgan fingerprint density at radius 2 is 1.50 bits per heavy atom. The highest BCUT2D eigenvalue weighted by Crippen LogP contribution is 2.45. The molecule has 0 aliphatic carbocycles. The standard InChI is InChI=1S/C30H28F7NO2/c1-18(21-11-23(29(32,33)34)13-24(12-21)30(35,36)37)40-28-27(20-7-9-25(31)10-8-20)26-16-38(15-22(26)17-39-28)14-19-5-3-2-4-6-19/h2-13,18,22,26-28H,14-17H2,1H3/t18-,22+,26-,27-,28?/m1/s1. The van der Waals surface area contributed by atoms with Crippen molar-refractivity contribution < 1.29 is 40.2 Å². The monoisotopic (exact) mass is 567 g/mol. The quantitative estimate of drug-likeness (QED) is 0.284. The average molecular weight is 568 g/mol. The molecule has 2 heterocycles. The van der Waals surface area contributed by atoms with Crippen molar-refractivity contribution in [2.45, 2.75) is 44.1 Å². The molecule has 5 atom stereocenters. The van der Waals surface area contributed by atoms with Crippen molar-refractivity contribution in [2.24, 2.45) is 11.8 Å². The van der Waals surface area contributed by atoms with E-state index in [0.717, 1.165) is 24.2 Å². The van der Waals surface area contributed by atoms with E-state index in [1.165, 1.54) is 19.1 Å². The maximum absolute atomic E-state index is 13.8. The minimum atomic E-state index is -4.97. The fourth-order valence-corrected chi connectivity index (χ4v) is 5.77. The summed E-state index contributed by atoms with van der Waals surface area (Å²) in [6.07, 6.45) is -12.0. The SMILES string of the molecule is C[C@@H](OC1OC[C@@H]2CN(Cc3ccccc3)C[C@H]2[C@H]1c1ccc(F)cc1)c1cc(C(F)(F)F)cc(C(F)(F)F)c1. The summed E-state index contributed by atoms with van der Waals surface area (Å²) in [5.41, 5.74) is -1.19. The van der Waals surface area contributed by atoms with Gasteiger partial charge in [0, 0.05) is 25.6 Å². The molecule has 0 spiro atoms. The normalized spacial score (nSPS) is 24.6. The lowest BCUT2D eigenvalue weighted by Gasteiger charge is -2.40. The van der Waals surface area contributed by atoms with Gasteiger partial charge in [-0.05, 0) is 65.8 Å². The molecule has 40 heavy (non-hydrogen) atoms. The number of hydrogen-bond acceptors (Lipinski definition) is 3. The topological polar surface area (TPSA) is 21.7 Å². The van der Waals surface area contributed by atoms with Crippen LogP contribution in [0.2, 0.25) is 0 Å². The number of halogens is 7. The summed E-state index contributed by atoms with van der Waals surface area (Å²) in [6.45, 7) is 3.88. The van der Waals surface area contributed by atoms with Gasteiger partial charge in [-0.25, -0.2) is 4.39 Å². The van der Waals surface area contributed by atoms with Gasteiger partial charge in [-0.15, -0.1) is 0 Å². The van der Waals surface area contributed by atoms with E-state index in [1.807, 2.05) is 30.3 Å². The zero-order valence-corrected chi connectivity index (χ0v) is 21.6. The zero-order chi connectivity index (χ0) is 28.7. The van der Waals surface area contributed by atoms with Crippen LogP contribution in [0, 0.1) is 17.7 Å². The molecule has 3 aromatic carbocycles. The minimum absolute atomic E-state index is 0.0207. The predicted molar refractivity (Wildman–Crippen MR) is 134 cm³/mol. The summed E-state index contributed by atoms with van der Waals surface area (Å²) in [5.74, 6) is -0.689. The number of ether oxygens (including phenoxy) is 2. The minimum Gasteiger partial charge on any atom is -0.352 e. The van der Waals surface area contributed by atoms with Gasteiger partial charge in [0.25, 0.3) is 0 Å². The molecule has 0 radical (unpaired) electrons. The molecule has 2 aliphatic rings. The number of rotatable bonds is 6. The molecule has 0 aromatic heterocycles. The van der Waals surface area contributed by atoms with Crippen molar-refractivity contribution >= 4 is 0 Å². The van der Waals surface area contributed by atoms with E-state index < -0.39 is 47.6 Å². The van der Waals surface area contributed by atoms with E-state index in [-0.39, 0.29) is 23.5 Å². The van der Waals surface area contributed by atoms with Crippen LogP contribution in [0.25, 0.3) is 0 Å². The molecule has 3 aromatic rings.